The molecule has 0 radical (unpaired) electrons. The molecule has 8 rings (SSSR count). The summed E-state index contributed by atoms with van der Waals surface area (Å²) in [7, 11) is 1.86. The number of carboxylic acids is 1. The van der Waals surface area contributed by atoms with E-state index in [-0.39, 0.29) is 17.2 Å². The first kappa shape index (κ1) is 36.7. The summed E-state index contributed by atoms with van der Waals surface area (Å²) in [5.74, 6) is -1.08. The van der Waals surface area contributed by atoms with Crippen LogP contribution in [0.2, 0.25) is 10.0 Å². The first-order valence-corrected chi connectivity index (χ1v) is 19.5. The van der Waals surface area contributed by atoms with Crippen LogP contribution >= 0.6 is 23.2 Å². The Morgan fingerprint density at radius 3 is 2.19 bits per heavy atom. The van der Waals surface area contributed by atoms with Gasteiger partial charge in [-0.25, -0.2) is 4.98 Å². The van der Waals surface area contributed by atoms with Crippen molar-refractivity contribution in [3.8, 4) is 11.1 Å². The van der Waals surface area contributed by atoms with Crippen molar-refractivity contribution >= 4 is 52.4 Å². The minimum atomic E-state index is -0.646. The number of nitrogens with zero attached hydrogens (tertiary/aromatic N) is 5. The number of nitrogens with one attached hydrogen (secondary N) is 2. The first-order chi connectivity index (χ1) is 25.8. The van der Waals surface area contributed by atoms with E-state index in [1.807, 2.05) is 29.8 Å². The van der Waals surface area contributed by atoms with Gasteiger partial charge in [-0.2, -0.15) is 0 Å². The lowest BCUT2D eigenvalue weighted by Gasteiger charge is -2.35. The van der Waals surface area contributed by atoms with Gasteiger partial charge < -0.3 is 20.3 Å². The van der Waals surface area contributed by atoms with Gasteiger partial charge in [-0.15, -0.1) is 0 Å². The number of hydrogen-bond acceptors (Lipinski definition) is 7. The fourth-order valence-electron chi connectivity index (χ4n) is 9.29. The van der Waals surface area contributed by atoms with Crippen molar-refractivity contribution in [1.29, 1.82) is 0 Å². The molecule has 11 nitrogen and oxygen atoms in total. The van der Waals surface area contributed by atoms with Gasteiger partial charge in [0, 0.05) is 75.3 Å². The van der Waals surface area contributed by atoms with E-state index in [0.717, 1.165) is 93.6 Å². The van der Waals surface area contributed by atoms with Gasteiger partial charge >= 0.3 is 5.97 Å². The van der Waals surface area contributed by atoms with Crippen molar-refractivity contribution in [3.05, 3.63) is 92.7 Å². The van der Waals surface area contributed by atoms with E-state index in [1.54, 1.807) is 30.5 Å². The summed E-state index contributed by atoms with van der Waals surface area (Å²) in [6, 6.07) is 13.0. The Balaban J connectivity index is 0.955. The molecule has 2 aliphatic heterocycles. The summed E-state index contributed by atoms with van der Waals surface area (Å²) in [5, 5.41) is 16.4. The first-order valence-electron chi connectivity index (χ1n) is 18.8. The van der Waals surface area contributed by atoms with Gasteiger partial charge in [0.1, 0.15) is 5.69 Å². The van der Waals surface area contributed by atoms with Crippen LogP contribution in [0.15, 0.2) is 48.7 Å². The van der Waals surface area contributed by atoms with Gasteiger partial charge in [-0.3, -0.25) is 29.2 Å². The molecule has 0 spiro atoms. The molecule has 13 heteroatoms. The Labute approximate surface area is 325 Å². The summed E-state index contributed by atoms with van der Waals surface area (Å²) in [6.07, 6.45) is 7.59. The molecule has 2 aliphatic carbocycles. The molecule has 2 aromatic carbocycles. The number of halogens is 2. The van der Waals surface area contributed by atoms with Gasteiger partial charge in [0.2, 0.25) is 0 Å². The second-order valence-corrected chi connectivity index (χ2v) is 16.8. The van der Waals surface area contributed by atoms with Crippen molar-refractivity contribution in [2.75, 3.05) is 30.3 Å². The maximum absolute atomic E-state index is 13.7. The number of fused-ring (bicyclic) bond motifs is 4. The Hall–Kier alpha value is -4.29. The molecule has 2 fully saturated rings. The van der Waals surface area contributed by atoms with E-state index >= 15 is 0 Å². The highest BCUT2D eigenvalue weighted by molar-refractivity contribution is 6.40. The van der Waals surface area contributed by atoms with Crippen molar-refractivity contribution in [3.63, 3.8) is 0 Å². The van der Waals surface area contributed by atoms with E-state index in [1.165, 1.54) is 0 Å². The van der Waals surface area contributed by atoms with Crippen LogP contribution in [0, 0.1) is 10.8 Å². The normalized spacial score (nSPS) is 22.3. The average molecular weight is 771 g/mol. The second kappa shape index (κ2) is 14.1. The molecule has 0 saturated heterocycles. The van der Waals surface area contributed by atoms with E-state index < -0.39 is 11.4 Å². The molecule has 3 N–H and O–H groups in total. The predicted octanol–water partition coefficient (Wildman–Crippen LogP) is 7.45. The van der Waals surface area contributed by atoms with Crippen LogP contribution in [0.1, 0.15) is 89.6 Å². The Morgan fingerprint density at radius 2 is 1.56 bits per heavy atom. The largest absolute Gasteiger partial charge is 0.481 e. The quantitative estimate of drug-likeness (QED) is 0.160. The molecule has 4 heterocycles. The van der Waals surface area contributed by atoms with Crippen LogP contribution in [0.3, 0.4) is 0 Å². The lowest BCUT2D eigenvalue weighted by molar-refractivity contribution is -0.148. The highest BCUT2D eigenvalue weighted by Crippen LogP contribution is 2.62. The van der Waals surface area contributed by atoms with E-state index in [9.17, 15) is 19.5 Å². The molecule has 2 saturated carbocycles. The summed E-state index contributed by atoms with van der Waals surface area (Å²) in [4.78, 5) is 53.1. The van der Waals surface area contributed by atoms with Gasteiger partial charge in [-0.05, 0) is 87.1 Å². The fraction of sp³-hybridized carbons (Fsp3) is 0.439. The molecule has 4 aliphatic rings. The average Bonchev–Trinajstić information content (AvgIpc) is 3.83. The molecule has 4 aromatic rings. The molecular weight excluding hydrogens is 725 g/mol. The number of amides is 2. The number of aromatic nitrogens is 3. The summed E-state index contributed by atoms with van der Waals surface area (Å²) in [5.41, 5.74) is 6.03. The molecule has 2 amide bonds. The third-order valence-electron chi connectivity index (χ3n) is 12.4. The number of carbonyl (C=O) groups excluding carboxylic acids is 2. The van der Waals surface area contributed by atoms with Crippen LogP contribution in [0.4, 0.5) is 11.4 Å². The van der Waals surface area contributed by atoms with E-state index in [2.05, 4.69) is 39.3 Å². The Bertz CT molecular complexity index is 2170. The Kier molecular flexibility index (Phi) is 9.57. The van der Waals surface area contributed by atoms with Crippen LogP contribution < -0.4 is 10.6 Å². The van der Waals surface area contributed by atoms with Gasteiger partial charge in [0.05, 0.1) is 32.5 Å². The van der Waals surface area contributed by atoms with Crippen LogP contribution in [-0.2, 0) is 37.8 Å². The number of pyridine rings is 1. The number of benzene rings is 2. The fourth-order valence-corrected chi connectivity index (χ4v) is 9.84. The summed E-state index contributed by atoms with van der Waals surface area (Å²) < 4.78 is 1.86. The van der Waals surface area contributed by atoms with Gasteiger partial charge in [0.25, 0.3) is 11.8 Å². The molecule has 0 unspecified atom stereocenters. The second-order valence-electron chi connectivity index (χ2n) is 16.0. The van der Waals surface area contributed by atoms with Crippen LogP contribution in [-0.4, -0.2) is 72.9 Å². The minimum absolute atomic E-state index is 0.0513. The Morgan fingerprint density at radius 1 is 0.889 bits per heavy atom. The maximum Gasteiger partial charge on any atom is 0.309 e. The molecule has 54 heavy (non-hydrogen) atoms. The number of aliphatic carboxylic acids is 1. The van der Waals surface area contributed by atoms with E-state index in [4.69, 9.17) is 28.2 Å². The molecule has 282 valence electrons. The smallest absolute Gasteiger partial charge is 0.309 e. The van der Waals surface area contributed by atoms with Crippen molar-refractivity contribution in [2.45, 2.75) is 77.9 Å². The number of hydrogen-bond donors (Lipinski definition) is 3. The number of carboxylic acid groups (broad SMARTS) is 1. The van der Waals surface area contributed by atoms with Gasteiger partial charge in [0.15, 0.2) is 5.82 Å². The summed E-state index contributed by atoms with van der Waals surface area (Å²) >= 11 is 13.9. The zero-order valence-electron chi connectivity index (χ0n) is 30.8. The summed E-state index contributed by atoms with van der Waals surface area (Å²) in [6.45, 7) is 8.44. The maximum atomic E-state index is 13.7. The standard InChI is InChI=1S/C41H45Cl2N7O4/c1-24(2)50-17-10-25-18-31(44-19-26(25)20-50)37(51)46-29-8-4-6-27(34(29)42)28-7-5-9-30(35(28)43)47-38(52)36-45-32-21-49(16-11-33(32)48(36)3)23-40-12-14-41(22-40,15-13-40)39(53)54/h4-9,18-19,24H,10-17,20-23H2,1-3H3,(H,46,51)(H,47,52)(H,53,54). The van der Waals surface area contributed by atoms with Crippen LogP contribution in [0.25, 0.3) is 11.1 Å². The number of anilines is 2. The molecular formula is C41H45Cl2N7O4. The van der Waals surface area contributed by atoms with E-state index in [0.29, 0.717) is 56.7 Å². The SMILES string of the molecule is CC(C)N1CCc2cc(C(=O)Nc3cccc(-c4cccc(NC(=O)c5nc6c(n5C)CCN(CC57CCC(C(=O)O)(CC5)C7)C6)c4Cl)c3Cl)ncc2C1. The number of rotatable bonds is 9. The molecule has 2 aromatic heterocycles. The number of imidazole rings is 1. The van der Waals surface area contributed by atoms with Crippen molar-refractivity contribution in [1.82, 2.24) is 24.3 Å². The van der Waals surface area contributed by atoms with Crippen LogP contribution in [0.5, 0.6) is 0 Å². The predicted molar refractivity (Wildman–Crippen MR) is 209 cm³/mol. The zero-order valence-corrected chi connectivity index (χ0v) is 32.4. The van der Waals surface area contributed by atoms with Crippen molar-refractivity contribution < 1.29 is 19.5 Å². The highest BCUT2D eigenvalue weighted by Gasteiger charge is 2.58. The monoisotopic (exact) mass is 769 g/mol. The lowest BCUT2D eigenvalue weighted by Crippen LogP contribution is -2.39. The number of carbonyl (C=O) groups is 3. The lowest BCUT2D eigenvalue weighted by atomic mass is 9.81. The minimum Gasteiger partial charge on any atom is -0.481 e. The highest BCUT2D eigenvalue weighted by atomic mass is 35.5. The molecule has 0 atom stereocenters. The topological polar surface area (TPSA) is 133 Å². The van der Waals surface area contributed by atoms with Gasteiger partial charge in [-0.1, -0.05) is 47.5 Å². The zero-order chi connectivity index (χ0) is 37.9. The molecule has 2 bridgehead atoms. The third kappa shape index (κ3) is 6.59. The third-order valence-corrected chi connectivity index (χ3v) is 13.2. The van der Waals surface area contributed by atoms with Crippen molar-refractivity contribution in [2.24, 2.45) is 17.9 Å².